The van der Waals surface area contributed by atoms with E-state index in [1.165, 1.54) is 16.7 Å². The van der Waals surface area contributed by atoms with Crippen LogP contribution in [0.25, 0.3) is 0 Å². The lowest BCUT2D eigenvalue weighted by Gasteiger charge is -2.29. The molecule has 0 saturated heterocycles. The average molecular weight is 267 g/mol. The van der Waals surface area contributed by atoms with Crippen LogP contribution in [0.3, 0.4) is 0 Å². The van der Waals surface area contributed by atoms with E-state index >= 15 is 0 Å². The molecule has 2 atom stereocenters. The Morgan fingerprint density at radius 1 is 0.900 bits per heavy atom. The zero-order valence-corrected chi connectivity index (χ0v) is 12.8. The first-order valence-corrected chi connectivity index (χ1v) is 7.61. The molecule has 0 fully saturated rings. The summed E-state index contributed by atoms with van der Waals surface area (Å²) in [7, 11) is 0. The standard InChI is InChI=1S/C19H25N/c1-4-18(20-5-2)19(16-12-7-6-8-13-16)17-14-10-9-11-15(17)3/h6-14,18-20H,4-5H2,1-3H3. The summed E-state index contributed by atoms with van der Waals surface area (Å²) in [4.78, 5) is 0. The van der Waals surface area contributed by atoms with E-state index in [9.17, 15) is 0 Å². The second-order valence-corrected chi connectivity index (χ2v) is 5.32. The van der Waals surface area contributed by atoms with Crippen molar-refractivity contribution in [3.8, 4) is 0 Å². The molecule has 0 bridgehead atoms. The monoisotopic (exact) mass is 267 g/mol. The number of benzene rings is 2. The Bertz CT molecular complexity index is 518. The second kappa shape index (κ2) is 7.25. The Morgan fingerprint density at radius 2 is 1.55 bits per heavy atom. The molecule has 0 saturated carbocycles. The minimum atomic E-state index is 0.419. The minimum Gasteiger partial charge on any atom is -0.313 e. The van der Waals surface area contributed by atoms with Crippen LogP contribution in [0.2, 0.25) is 0 Å². The molecule has 2 unspecified atom stereocenters. The Morgan fingerprint density at radius 3 is 2.15 bits per heavy atom. The lowest BCUT2D eigenvalue weighted by molar-refractivity contribution is 0.465. The fourth-order valence-electron chi connectivity index (χ4n) is 2.98. The van der Waals surface area contributed by atoms with Crippen molar-refractivity contribution >= 4 is 0 Å². The third-order valence-electron chi connectivity index (χ3n) is 3.99. The van der Waals surface area contributed by atoms with Crippen LogP contribution in [-0.2, 0) is 0 Å². The molecule has 0 radical (unpaired) electrons. The molecule has 2 aromatic rings. The molecule has 2 rings (SSSR count). The summed E-state index contributed by atoms with van der Waals surface area (Å²) in [6, 6.07) is 20.1. The molecule has 2 aromatic carbocycles. The molecule has 1 nitrogen and oxygen atoms in total. The minimum absolute atomic E-state index is 0.419. The second-order valence-electron chi connectivity index (χ2n) is 5.32. The molecule has 0 aliphatic heterocycles. The lowest BCUT2D eigenvalue weighted by Crippen LogP contribution is -2.35. The van der Waals surface area contributed by atoms with Crippen molar-refractivity contribution in [1.29, 1.82) is 0 Å². The highest BCUT2D eigenvalue weighted by molar-refractivity contribution is 5.39. The van der Waals surface area contributed by atoms with Gasteiger partial charge in [0.1, 0.15) is 0 Å². The Kier molecular flexibility index (Phi) is 5.37. The van der Waals surface area contributed by atoms with Gasteiger partial charge >= 0.3 is 0 Å². The molecule has 106 valence electrons. The predicted molar refractivity (Wildman–Crippen MR) is 87.2 cm³/mol. The summed E-state index contributed by atoms with van der Waals surface area (Å²) >= 11 is 0. The van der Waals surface area contributed by atoms with Gasteiger partial charge < -0.3 is 5.32 Å². The van der Waals surface area contributed by atoms with Gasteiger partial charge in [-0.1, -0.05) is 68.4 Å². The SMILES string of the molecule is CCNC(CC)C(c1ccccc1)c1ccccc1C. The number of aryl methyl sites for hydroxylation is 1. The maximum absolute atomic E-state index is 3.66. The maximum atomic E-state index is 3.66. The number of rotatable bonds is 6. The van der Waals surface area contributed by atoms with Gasteiger partial charge in [0.05, 0.1) is 0 Å². The summed E-state index contributed by atoms with van der Waals surface area (Å²) in [5, 5.41) is 3.66. The molecular formula is C19H25N. The summed E-state index contributed by atoms with van der Waals surface area (Å²) in [5.74, 6) is 0.419. The van der Waals surface area contributed by atoms with Crippen molar-refractivity contribution in [2.75, 3.05) is 6.54 Å². The largest absolute Gasteiger partial charge is 0.313 e. The molecule has 1 N–H and O–H groups in total. The molecule has 1 heteroatoms. The van der Waals surface area contributed by atoms with Gasteiger partial charge in [-0.15, -0.1) is 0 Å². The molecule has 0 aliphatic rings. The number of likely N-dealkylation sites (N-methyl/N-ethyl adjacent to an activating group) is 1. The normalized spacial score (nSPS) is 13.9. The van der Waals surface area contributed by atoms with Gasteiger partial charge in [0.25, 0.3) is 0 Å². The summed E-state index contributed by atoms with van der Waals surface area (Å²) in [5.41, 5.74) is 4.21. The third-order valence-corrected chi connectivity index (χ3v) is 3.99. The lowest BCUT2D eigenvalue weighted by atomic mass is 9.82. The molecule has 0 aliphatic carbocycles. The summed E-state index contributed by atoms with van der Waals surface area (Å²) in [6.45, 7) is 7.67. The highest BCUT2D eigenvalue weighted by atomic mass is 14.9. The molecule has 20 heavy (non-hydrogen) atoms. The summed E-state index contributed by atoms with van der Waals surface area (Å²) < 4.78 is 0. The number of nitrogens with one attached hydrogen (secondary N) is 1. The predicted octanol–water partition coefficient (Wildman–Crippen LogP) is 4.52. The fraction of sp³-hybridized carbons (Fsp3) is 0.368. The van der Waals surface area contributed by atoms with Crippen LogP contribution < -0.4 is 5.32 Å². The Balaban J connectivity index is 2.47. The van der Waals surface area contributed by atoms with Gasteiger partial charge in [-0.25, -0.2) is 0 Å². The smallest absolute Gasteiger partial charge is 0.0245 e. The molecular weight excluding hydrogens is 242 g/mol. The fourth-order valence-corrected chi connectivity index (χ4v) is 2.98. The van der Waals surface area contributed by atoms with Gasteiger partial charge in [-0.05, 0) is 36.6 Å². The van der Waals surface area contributed by atoms with Gasteiger partial charge in [0.15, 0.2) is 0 Å². The third kappa shape index (κ3) is 3.29. The van der Waals surface area contributed by atoms with Gasteiger partial charge in [-0.3, -0.25) is 0 Å². The maximum Gasteiger partial charge on any atom is 0.0245 e. The van der Waals surface area contributed by atoms with Crippen molar-refractivity contribution in [2.45, 2.75) is 39.2 Å². The number of hydrogen-bond acceptors (Lipinski definition) is 1. The van der Waals surface area contributed by atoms with Crippen LogP contribution >= 0.6 is 0 Å². The highest BCUT2D eigenvalue weighted by Gasteiger charge is 2.23. The van der Waals surface area contributed by atoms with E-state index in [-0.39, 0.29) is 0 Å². The Labute approximate surface area is 123 Å². The summed E-state index contributed by atoms with van der Waals surface area (Å²) in [6.07, 6.45) is 1.13. The highest BCUT2D eigenvalue weighted by Crippen LogP contribution is 2.31. The average Bonchev–Trinajstić information content (AvgIpc) is 2.49. The first kappa shape index (κ1) is 14.8. The van der Waals surface area contributed by atoms with Crippen LogP contribution in [0.4, 0.5) is 0 Å². The van der Waals surface area contributed by atoms with E-state index in [0.29, 0.717) is 12.0 Å². The first-order valence-electron chi connectivity index (χ1n) is 7.61. The zero-order valence-electron chi connectivity index (χ0n) is 12.8. The van der Waals surface area contributed by atoms with E-state index in [1.807, 2.05) is 0 Å². The number of hydrogen-bond donors (Lipinski definition) is 1. The van der Waals surface area contributed by atoms with Crippen molar-refractivity contribution in [2.24, 2.45) is 0 Å². The van der Waals surface area contributed by atoms with E-state index in [2.05, 4.69) is 80.7 Å². The van der Waals surface area contributed by atoms with Gasteiger partial charge in [-0.2, -0.15) is 0 Å². The Hall–Kier alpha value is -1.60. The van der Waals surface area contributed by atoms with E-state index < -0.39 is 0 Å². The molecule has 0 aromatic heterocycles. The van der Waals surface area contributed by atoms with Crippen molar-refractivity contribution < 1.29 is 0 Å². The zero-order chi connectivity index (χ0) is 14.4. The van der Waals surface area contributed by atoms with Crippen LogP contribution in [-0.4, -0.2) is 12.6 Å². The van der Waals surface area contributed by atoms with Gasteiger partial charge in [0.2, 0.25) is 0 Å². The van der Waals surface area contributed by atoms with Crippen molar-refractivity contribution in [3.05, 3.63) is 71.3 Å². The molecule has 0 spiro atoms. The van der Waals surface area contributed by atoms with Crippen LogP contribution in [0.15, 0.2) is 54.6 Å². The van der Waals surface area contributed by atoms with Crippen molar-refractivity contribution in [3.63, 3.8) is 0 Å². The van der Waals surface area contributed by atoms with Crippen LogP contribution in [0.5, 0.6) is 0 Å². The molecule has 0 heterocycles. The molecule has 0 amide bonds. The van der Waals surface area contributed by atoms with E-state index in [0.717, 1.165) is 13.0 Å². The first-order chi connectivity index (χ1) is 9.77. The topological polar surface area (TPSA) is 12.0 Å². The van der Waals surface area contributed by atoms with Crippen molar-refractivity contribution in [1.82, 2.24) is 5.32 Å². The van der Waals surface area contributed by atoms with Gasteiger partial charge in [0, 0.05) is 12.0 Å². The van der Waals surface area contributed by atoms with Crippen LogP contribution in [0.1, 0.15) is 42.9 Å². The van der Waals surface area contributed by atoms with E-state index in [4.69, 9.17) is 0 Å². The quantitative estimate of drug-likeness (QED) is 0.811. The van der Waals surface area contributed by atoms with E-state index in [1.54, 1.807) is 0 Å². The van der Waals surface area contributed by atoms with Crippen LogP contribution in [0, 0.1) is 6.92 Å².